The lowest BCUT2D eigenvalue weighted by Crippen LogP contribution is -2.28. The van der Waals surface area contributed by atoms with E-state index in [1.54, 1.807) is 0 Å². The molecule has 0 heteroatoms. The maximum Gasteiger partial charge on any atom is -0.0289 e. The minimum Gasteiger partial charge on any atom is -0.0683 e. The van der Waals surface area contributed by atoms with Crippen LogP contribution in [0.4, 0.5) is 0 Å². The van der Waals surface area contributed by atoms with Gasteiger partial charge in [0.05, 0.1) is 0 Å². The van der Waals surface area contributed by atoms with E-state index in [1.807, 2.05) is 13.8 Å². The topological polar surface area (TPSA) is 0 Å². The van der Waals surface area contributed by atoms with E-state index in [0.717, 1.165) is 17.3 Å². The van der Waals surface area contributed by atoms with Crippen molar-refractivity contribution in [2.75, 3.05) is 0 Å². The lowest BCUT2D eigenvalue weighted by atomic mass is 9.66. The molecule has 3 aliphatic carbocycles. The Kier molecular flexibility index (Phi) is 7.68. The van der Waals surface area contributed by atoms with E-state index < -0.39 is 0 Å². The van der Waals surface area contributed by atoms with Crippen molar-refractivity contribution >= 4 is 0 Å². The monoisotopic (exact) mass is 322 g/mol. The van der Waals surface area contributed by atoms with Gasteiger partial charge in [-0.3, -0.25) is 0 Å². The lowest BCUT2D eigenvalue weighted by molar-refractivity contribution is 0.118. The summed E-state index contributed by atoms with van der Waals surface area (Å²) in [6.45, 7) is 18.5. The second kappa shape index (κ2) is 8.39. The third-order valence-corrected chi connectivity index (χ3v) is 6.19. The third kappa shape index (κ3) is 7.61. The summed E-state index contributed by atoms with van der Waals surface area (Å²) in [5, 5.41) is 0. The summed E-state index contributed by atoms with van der Waals surface area (Å²) in [5.74, 6) is 1.96. The van der Waals surface area contributed by atoms with E-state index in [9.17, 15) is 0 Å². The summed E-state index contributed by atoms with van der Waals surface area (Å²) in [4.78, 5) is 0. The fraction of sp³-hybridized carbons (Fsp3) is 1.00. The number of hydrogen-bond donors (Lipinski definition) is 0. The molecule has 0 amide bonds. The first-order chi connectivity index (χ1) is 10.6. The van der Waals surface area contributed by atoms with Crippen molar-refractivity contribution in [3.8, 4) is 0 Å². The second-order valence-electron chi connectivity index (χ2n) is 10.6. The molecule has 0 saturated heterocycles. The highest BCUT2D eigenvalue weighted by Gasteiger charge is 2.50. The highest BCUT2D eigenvalue weighted by molar-refractivity contribution is 5.01. The van der Waals surface area contributed by atoms with Crippen LogP contribution in [-0.4, -0.2) is 0 Å². The van der Waals surface area contributed by atoms with Crippen LogP contribution in [0.25, 0.3) is 0 Å². The van der Waals surface area contributed by atoms with Gasteiger partial charge in [-0.15, -0.1) is 0 Å². The zero-order valence-corrected chi connectivity index (χ0v) is 17.7. The number of rotatable bonds is 0. The van der Waals surface area contributed by atoms with Crippen LogP contribution in [0.15, 0.2) is 0 Å². The first kappa shape index (κ1) is 21.0. The van der Waals surface area contributed by atoms with E-state index in [0.29, 0.717) is 10.8 Å². The van der Waals surface area contributed by atoms with Crippen molar-refractivity contribution in [1.82, 2.24) is 0 Å². The molecule has 0 heterocycles. The maximum atomic E-state index is 2.45. The van der Waals surface area contributed by atoms with Gasteiger partial charge in [0.2, 0.25) is 0 Å². The van der Waals surface area contributed by atoms with E-state index in [-0.39, 0.29) is 0 Å². The quantitative estimate of drug-likeness (QED) is 0.394. The maximum absolute atomic E-state index is 2.45. The fourth-order valence-corrected chi connectivity index (χ4v) is 5.72. The average Bonchev–Trinajstić information content (AvgIpc) is 3.14. The molecule has 1 unspecified atom stereocenters. The molecule has 138 valence electrons. The summed E-state index contributed by atoms with van der Waals surface area (Å²) >= 11 is 0. The molecule has 1 spiro atoms. The van der Waals surface area contributed by atoms with Crippen LogP contribution in [0.5, 0.6) is 0 Å². The van der Waals surface area contributed by atoms with Crippen molar-refractivity contribution in [2.24, 2.45) is 28.1 Å². The molecular formula is C23H46. The van der Waals surface area contributed by atoms with Crippen molar-refractivity contribution in [3.05, 3.63) is 0 Å². The highest BCUT2D eigenvalue weighted by atomic mass is 14.5. The van der Waals surface area contributed by atoms with Crippen LogP contribution >= 0.6 is 0 Å². The predicted octanol–water partition coefficient (Wildman–Crippen LogP) is 8.25. The minimum atomic E-state index is 0.635. The van der Waals surface area contributed by atoms with Gasteiger partial charge in [0.15, 0.2) is 0 Å². The van der Waals surface area contributed by atoms with Gasteiger partial charge in [-0.2, -0.15) is 0 Å². The Morgan fingerprint density at radius 2 is 1.22 bits per heavy atom. The SMILES string of the molecule is CC.CC1CC(C)(C)CC2(CC2)C1.C[C@H]1CCCCC(C)(C)C1. The average molecular weight is 323 g/mol. The van der Waals surface area contributed by atoms with Gasteiger partial charge in [0.25, 0.3) is 0 Å². The van der Waals surface area contributed by atoms with Gasteiger partial charge in [-0.25, -0.2) is 0 Å². The molecule has 23 heavy (non-hydrogen) atoms. The minimum absolute atomic E-state index is 0.635. The summed E-state index contributed by atoms with van der Waals surface area (Å²) in [7, 11) is 0. The highest BCUT2D eigenvalue weighted by Crippen LogP contribution is 2.62. The van der Waals surface area contributed by atoms with Gasteiger partial charge in [0.1, 0.15) is 0 Å². The molecule has 0 bridgehead atoms. The first-order valence-corrected chi connectivity index (χ1v) is 10.6. The molecule has 3 aliphatic rings. The van der Waals surface area contributed by atoms with Crippen molar-refractivity contribution in [1.29, 1.82) is 0 Å². The van der Waals surface area contributed by atoms with Crippen molar-refractivity contribution < 1.29 is 0 Å². The largest absolute Gasteiger partial charge is 0.0683 e. The zero-order chi connectivity index (χ0) is 17.7. The van der Waals surface area contributed by atoms with Crippen LogP contribution in [0, 0.1) is 28.1 Å². The van der Waals surface area contributed by atoms with E-state index in [4.69, 9.17) is 0 Å². The van der Waals surface area contributed by atoms with E-state index >= 15 is 0 Å². The van der Waals surface area contributed by atoms with Crippen molar-refractivity contribution in [2.45, 2.75) is 120 Å². The Morgan fingerprint density at radius 1 is 0.652 bits per heavy atom. The second-order valence-corrected chi connectivity index (χ2v) is 10.6. The lowest BCUT2D eigenvalue weighted by Gasteiger charge is -2.39. The van der Waals surface area contributed by atoms with Crippen LogP contribution in [0.3, 0.4) is 0 Å². The van der Waals surface area contributed by atoms with Gasteiger partial charge in [0, 0.05) is 0 Å². The normalized spacial score (nSPS) is 33.4. The molecule has 3 rings (SSSR count). The molecule has 0 N–H and O–H groups in total. The molecule has 3 saturated carbocycles. The third-order valence-electron chi connectivity index (χ3n) is 6.19. The first-order valence-electron chi connectivity index (χ1n) is 10.6. The summed E-state index contributed by atoms with van der Waals surface area (Å²) in [6.07, 6.45) is 14.8. The van der Waals surface area contributed by atoms with Gasteiger partial charge in [-0.05, 0) is 73.0 Å². The smallest absolute Gasteiger partial charge is 0.0289 e. The molecule has 0 aromatic rings. The Labute approximate surface area is 148 Å². The van der Waals surface area contributed by atoms with Gasteiger partial charge in [-0.1, -0.05) is 74.7 Å². The molecule has 0 nitrogen and oxygen atoms in total. The van der Waals surface area contributed by atoms with Crippen LogP contribution in [-0.2, 0) is 0 Å². The summed E-state index contributed by atoms with van der Waals surface area (Å²) < 4.78 is 0. The Balaban J connectivity index is 0.000000209. The molecule has 0 aromatic carbocycles. The van der Waals surface area contributed by atoms with Gasteiger partial charge >= 0.3 is 0 Å². The van der Waals surface area contributed by atoms with E-state index in [1.165, 1.54) is 64.2 Å². The van der Waals surface area contributed by atoms with Crippen molar-refractivity contribution in [3.63, 3.8) is 0 Å². The summed E-state index contributed by atoms with van der Waals surface area (Å²) in [5.41, 5.74) is 2.12. The van der Waals surface area contributed by atoms with Crippen LogP contribution in [0.1, 0.15) is 120 Å². The molecule has 2 atom stereocenters. The van der Waals surface area contributed by atoms with Gasteiger partial charge < -0.3 is 0 Å². The Hall–Kier alpha value is 0. The molecule has 0 aliphatic heterocycles. The standard InChI is InChI=1S/C11H20.C10H20.C2H6/c1-9-6-10(2,3)8-11(7-9)4-5-11;1-9-6-4-5-7-10(2,3)8-9;1-2/h9H,4-8H2,1-3H3;9H,4-8H2,1-3H3;1-2H3/t;9-;/m.0./s1. The number of hydrogen-bond acceptors (Lipinski definition) is 0. The molecule has 0 radical (unpaired) electrons. The zero-order valence-electron chi connectivity index (χ0n) is 17.7. The summed E-state index contributed by atoms with van der Waals surface area (Å²) in [6, 6.07) is 0. The molecule has 3 fully saturated rings. The Bertz CT molecular complexity index is 326. The fourth-order valence-electron chi connectivity index (χ4n) is 5.72. The predicted molar refractivity (Wildman–Crippen MR) is 106 cm³/mol. The van der Waals surface area contributed by atoms with Crippen LogP contribution < -0.4 is 0 Å². The Morgan fingerprint density at radius 3 is 1.74 bits per heavy atom. The molecular weight excluding hydrogens is 276 g/mol. The molecule has 0 aromatic heterocycles. The van der Waals surface area contributed by atoms with Crippen LogP contribution in [0.2, 0.25) is 0 Å². The van der Waals surface area contributed by atoms with E-state index in [2.05, 4.69) is 41.5 Å².